The summed E-state index contributed by atoms with van der Waals surface area (Å²) in [4.78, 5) is 14.0. The Labute approximate surface area is 108 Å². The summed E-state index contributed by atoms with van der Waals surface area (Å²) < 4.78 is 5.22. The second kappa shape index (κ2) is 7.21. The minimum absolute atomic E-state index is 0.281. The predicted octanol–water partition coefficient (Wildman–Crippen LogP) is 2.16. The van der Waals surface area contributed by atoms with Gasteiger partial charge in [0.25, 0.3) is 0 Å². The number of amides is 1. The second-order valence-corrected chi connectivity index (χ2v) is 4.80. The third kappa shape index (κ3) is 4.18. The molecule has 1 amide bonds. The zero-order valence-electron chi connectivity index (χ0n) is 10.9. The highest BCUT2D eigenvalue weighted by Gasteiger charge is 2.14. The molecule has 1 aliphatic heterocycles. The Kier molecular flexibility index (Phi) is 5.27. The number of likely N-dealkylation sites (tertiary alicyclic amines) is 1. The number of rotatable bonds is 5. The lowest BCUT2D eigenvalue weighted by Crippen LogP contribution is -2.33. The first kappa shape index (κ1) is 13.1. The summed E-state index contributed by atoms with van der Waals surface area (Å²) in [5.41, 5.74) is 0. The molecule has 18 heavy (non-hydrogen) atoms. The van der Waals surface area contributed by atoms with Gasteiger partial charge >= 0.3 is 0 Å². The average molecular weight is 250 g/mol. The normalized spacial score (nSPS) is 16.6. The fraction of sp³-hybridized carbons (Fsp3) is 0.643. The number of hydrogen-bond donors (Lipinski definition) is 1. The standard InChI is InChI=1S/C14H22N2O2/c17-14(16-9-3-1-2-4-10-16)7-8-15-12-13-6-5-11-18-13/h5-6,11,15H,1-4,7-10,12H2. The molecule has 0 radical (unpaired) electrons. The van der Waals surface area contributed by atoms with E-state index in [-0.39, 0.29) is 5.91 Å². The fourth-order valence-electron chi connectivity index (χ4n) is 2.30. The Morgan fingerprint density at radius 2 is 2.06 bits per heavy atom. The molecule has 2 rings (SSSR count). The molecule has 0 saturated carbocycles. The molecule has 1 aromatic heterocycles. The molecule has 1 N–H and O–H groups in total. The number of nitrogens with one attached hydrogen (secondary N) is 1. The molecule has 100 valence electrons. The van der Waals surface area contributed by atoms with Crippen molar-refractivity contribution < 1.29 is 9.21 Å². The van der Waals surface area contributed by atoms with Crippen molar-refractivity contribution in [2.45, 2.75) is 38.6 Å². The number of carbonyl (C=O) groups excluding carboxylic acids is 1. The average Bonchev–Trinajstić information content (AvgIpc) is 2.74. The van der Waals surface area contributed by atoms with Gasteiger partial charge in [-0.15, -0.1) is 0 Å². The van der Waals surface area contributed by atoms with E-state index in [0.717, 1.165) is 38.2 Å². The highest BCUT2D eigenvalue weighted by molar-refractivity contribution is 5.76. The van der Waals surface area contributed by atoms with Gasteiger partial charge in [0.15, 0.2) is 0 Å². The maximum absolute atomic E-state index is 12.0. The molecule has 2 heterocycles. The quantitative estimate of drug-likeness (QED) is 0.815. The summed E-state index contributed by atoms with van der Waals surface area (Å²) in [7, 11) is 0. The summed E-state index contributed by atoms with van der Waals surface area (Å²) in [6.07, 6.45) is 7.10. The first-order valence-corrected chi connectivity index (χ1v) is 6.87. The van der Waals surface area contributed by atoms with Crippen LogP contribution in [0.25, 0.3) is 0 Å². The third-order valence-corrected chi connectivity index (χ3v) is 3.35. The Hall–Kier alpha value is -1.29. The zero-order chi connectivity index (χ0) is 12.6. The van der Waals surface area contributed by atoms with Gasteiger partial charge in [-0.05, 0) is 25.0 Å². The van der Waals surface area contributed by atoms with Gasteiger partial charge in [-0.25, -0.2) is 0 Å². The molecule has 1 aromatic rings. The van der Waals surface area contributed by atoms with Gasteiger partial charge < -0.3 is 14.6 Å². The van der Waals surface area contributed by atoms with Crippen molar-refractivity contribution >= 4 is 5.91 Å². The molecule has 4 heteroatoms. The molecule has 0 unspecified atom stereocenters. The Morgan fingerprint density at radius 1 is 1.28 bits per heavy atom. The highest BCUT2D eigenvalue weighted by atomic mass is 16.3. The Balaban J connectivity index is 1.61. The van der Waals surface area contributed by atoms with Crippen LogP contribution >= 0.6 is 0 Å². The van der Waals surface area contributed by atoms with E-state index in [4.69, 9.17) is 4.42 Å². The third-order valence-electron chi connectivity index (χ3n) is 3.35. The molecular weight excluding hydrogens is 228 g/mol. The number of nitrogens with zero attached hydrogens (tertiary/aromatic N) is 1. The van der Waals surface area contributed by atoms with E-state index in [1.165, 1.54) is 12.8 Å². The van der Waals surface area contributed by atoms with Crippen LogP contribution in [0.5, 0.6) is 0 Å². The van der Waals surface area contributed by atoms with E-state index in [1.807, 2.05) is 17.0 Å². The van der Waals surface area contributed by atoms with Crippen LogP contribution in [0.4, 0.5) is 0 Å². The molecular formula is C14H22N2O2. The van der Waals surface area contributed by atoms with Gasteiger partial charge in [0, 0.05) is 26.1 Å². The Bertz CT molecular complexity index is 341. The Morgan fingerprint density at radius 3 is 2.72 bits per heavy atom. The first-order chi connectivity index (χ1) is 8.86. The van der Waals surface area contributed by atoms with Crippen molar-refractivity contribution in [1.29, 1.82) is 0 Å². The minimum atomic E-state index is 0.281. The molecule has 0 spiro atoms. The van der Waals surface area contributed by atoms with Crippen molar-refractivity contribution in [1.82, 2.24) is 10.2 Å². The van der Waals surface area contributed by atoms with Gasteiger partial charge in [-0.1, -0.05) is 12.8 Å². The maximum Gasteiger partial charge on any atom is 0.223 e. The summed E-state index contributed by atoms with van der Waals surface area (Å²) in [6, 6.07) is 3.81. The molecule has 0 atom stereocenters. The van der Waals surface area contributed by atoms with Gasteiger partial charge in [0.2, 0.25) is 5.91 Å². The summed E-state index contributed by atoms with van der Waals surface area (Å²) in [5.74, 6) is 1.20. The van der Waals surface area contributed by atoms with Crippen molar-refractivity contribution in [3.05, 3.63) is 24.2 Å². The van der Waals surface area contributed by atoms with Crippen LogP contribution < -0.4 is 5.32 Å². The van der Waals surface area contributed by atoms with Crippen LogP contribution in [0.2, 0.25) is 0 Å². The molecule has 0 aliphatic carbocycles. The molecule has 4 nitrogen and oxygen atoms in total. The maximum atomic E-state index is 12.0. The molecule has 1 saturated heterocycles. The summed E-state index contributed by atoms with van der Waals surface area (Å²) >= 11 is 0. The summed E-state index contributed by atoms with van der Waals surface area (Å²) in [5, 5.41) is 3.23. The fourth-order valence-corrected chi connectivity index (χ4v) is 2.30. The smallest absolute Gasteiger partial charge is 0.223 e. The van der Waals surface area contributed by atoms with Crippen molar-refractivity contribution in [2.75, 3.05) is 19.6 Å². The van der Waals surface area contributed by atoms with Crippen LogP contribution in [0, 0.1) is 0 Å². The predicted molar refractivity (Wildman–Crippen MR) is 70.1 cm³/mol. The first-order valence-electron chi connectivity index (χ1n) is 6.87. The molecule has 0 bridgehead atoms. The van der Waals surface area contributed by atoms with E-state index in [2.05, 4.69) is 5.32 Å². The van der Waals surface area contributed by atoms with Crippen LogP contribution in [0.3, 0.4) is 0 Å². The number of carbonyl (C=O) groups is 1. The van der Waals surface area contributed by atoms with Gasteiger partial charge in [-0.3, -0.25) is 4.79 Å². The van der Waals surface area contributed by atoms with Crippen molar-refractivity contribution in [2.24, 2.45) is 0 Å². The molecule has 0 aromatic carbocycles. The van der Waals surface area contributed by atoms with Crippen LogP contribution in [-0.2, 0) is 11.3 Å². The minimum Gasteiger partial charge on any atom is -0.468 e. The summed E-state index contributed by atoms with van der Waals surface area (Å²) in [6.45, 7) is 3.30. The van der Waals surface area contributed by atoms with Gasteiger partial charge in [-0.2, -0.15) is 0 Å². The van der Waals surface area contributed by atoms with Gasteiger partial charge in [0.05, 0.1) is 12.8 Å². The largest absolute Gasteiger partial charge is 0.468 e. The van der Waals surface area contributed by atoms with E-state index >= 15 is 0 Å². The highest BCUT2D eigenvalue weighted by Crippen LogP contribution is 2.10. The van der Waals surface area contributed by atoms with Crippen LogP contribution in [0.1, 0.15) is 37.9 Å². The second-order valence-electron chi connectivity index (χ2n) is 4.80. The SMILES string of the molecule is O=C(CCNCc1ccco1)N1CCCCCC1. The number of hydrogen-bond acceptors (Lipinski definition) is 3. The monoisotopic (exact) mass is 250 g/mol. The van der Waals surface area contributed by atoms with Crippen LogP contribution in [-0.4, -0.2) is 30.4 Å². The van der Waals surface area contributed by atoms with Crippen molar-refractivity contribution in [3.63, 3.8) is 0 Å². The van der Waals surface area contributed by atoms with Crippen molar-refractivity contribution in [3.8, 4) is 0 Å². The number of furan rings is 1. The van der Waals surface area contributed by atoms with Gasteiger partial charge in [0.1, 0.15) is 5.76 Å². The van der Waals surface area contributed by atoms with E-state index in [9.17, 15) is 4.79 Å². The molecule has 1 fully saturated rings. The van der Waals surface area contributed by atoms with Crippen LogP contribution in [0.15, 0.2) is 22.8 Å². The lowest BCUT2D eigenvalue weighted by atomic mass is 10.2. The van der Waals surface area contributed by atoms with E-state index in [1.54, 1.807) is 6.26 Å². The topological polar surface area (TPSA) is 45.5 Å². The zero-order valence-corrected chi connectivity index (χ0v) is 10.9. The van der Waals surface area contributed by atoms with E-state index < -0.39 is 0 Å². The lowest BCUT2D eigenvalue weighted by molar-refractivity contribution is -0.131. The van der Waals surface area contributed by atoms with E-state index in [0.29, 0.717) is 13.0 Å². The lowest BCUT2D eigenvalue weighted by Gasteiger charge is -2.20. The molecule has 1 aliphatic rings.